The van der Waals surface area contributed by atoms with Gasteiger partial charge in [0, 0.05) is 44.0 Å². The maximum absolute atomic E-state index is 13.4. The van der Waals surface area contributed by atoms with E-state index in [1.165, 1.54) is 0 Å². The summed E-state index contributed by atoms with van der Waals surface area (Å²) in [5, 5.41) is 2.97. The van der Waals surface area contributed by atoms with E-state index in [9.17, 15) is 9.59 Å². The van der Waals surface area contributed by atoms with E-state index in [1.807, 2.05) is 54.6 Å². The van der Waals surface area contributed by atoms with Crippen LogP contribution in [0.1, 0.15) is 23.2 Å². The van der Waals surface area contributed by atoms with E-state index in [0.717, 1.165) is 22.5 Å². The van der Waals surface area contributed by atoms with Crippen LogP contribution < -0.4 is 10.2 Å². The van der Waals surface area contributed by atoms with Gasteiger partial charge in [-0.15, -0.1) is 0 Å². The molecule has 6 nitrogen and oxygen atoms in total. The number of benzene rings is 2. The van der Waals surface area contributed by atoms with Crippen molar-refractivity contribution in [2.24, 2.45) is 0 Å². The number of nitrogens with zero attached hydrogens (tertiary/aromatic N) is 2. The van der Waals surface area contributed by atoms with E-state index in [0.29, 0.717) is 19.4 Å². The summed E-state index contributed by atoms with van der Waals surface area (Å²) >= 11 is 0. The highest BCUT2D eigenvalue weighted by Crippen LogP contribution is 2.45. The summed E-state index contributed by atoms with van der Waals surface area (Å²) in [4.78, 5) is 35.0. The minimum absolute atomic E-state index is 0.0359. The number of hydrogen-bond donors (Lipinski definition) is 2. The van der Waals surface area contributed by atoms with Crippen LogP contribution in [0.3, 0.4) is 0 Å². The lowest BCUT2D eigenvalue weighted by Crippen LogP contribution is -2.44. The first-order valence-corrected chi connectivity index (χ1v) is 9.76. The van der Waals surface area contributed by atoms with Crippen molar-refractivity contribution in [1.29, 1.82) is 0 Å². The number of imidazole rings is 1. The molecule has 0 bridgehead atoms. The number of aromatic amines is 1. The number of hydrogen-bond acceptors (Lipinski definition) is 3. The summed E-state index contributed by atoms with van der Waals surface area (Å²) in [6.07, 6.45) is 4.64. The van der Waals surface area contributed by atoms with Crippen LogP contribution in [-0.4, -0.2) is 35.4 Å². The van der Waals surface area contributed by atoms with Crippen molar-refractivity contribution >= 4 is 17.5 Å². The molecule has 3 aromatic rings. The molecule has 1 aliphatic rings. The highest BCUT2D eigenvalue weighted by molar-refractivity contribution is 6.09. The van der Waals surface area contributed by atoms with Crippen molar-refractivity contribution in [3.05, 3.63) is 83.9 Å². The second-order valence-electron chi connectivity index (χ2n) is 7.48. The lowest BCUT2D eigenvalue weighted by Gasteiger charge is -2.28. The largest absolute Gasteiger partial charge is 0.356 e. The molecule has 2 heterocycles. The van der Waals surface area contributed by atoms with E-state index in [2.05, 4.69) is 15.3 Å². The number of rotatable bonds is 7. The van der Waals surface area contributed by atoms with Crippen molar-refractivity contribution in [2.75, 3.05) is 18.5 Å². The number of H-pyrrole nitrogens is 1. The monoisotopic (exact) mass is 388 g/mol. The second kappa shape index (κ2) is 7.91. The van der Waals surface area contributed by atoms with Crippen LogP contribution in [0.2, 0.25) is 0 Å². The summed E-state index contributed by atoms with van der Waals surface area (Å²) < 4.78 is 0. The summed E-state index contributed by atoms with van der Waals surface area (Å²) in [6.45, 7) is 0.494. The molecule has 2 amide bonds. The van der Waals surface area contributed by atoms with E-state index in [4.69, 9.17) is 0 Å². The van der Waals surface area contributed by atoms with Crippen LogP contribution in [0, 0.1) is 0 Å². The molecule has 0 spiro atoms. The molecule has 0 fully saturated rings. The zero-order chi connectivity index (χ0) is 20.3. The van der Waals surface area contributed by atoms with Gasteiger partial charge in [-0.3, -0.25) is 9.59 Å². The number of amides is 2. The van der Waals surface area contributed by atoms with Gasteiger partial charge in [-0.2, -0.15) is 0 Å². The normalized spacial score (nSPS) is 18.0. The molecule has 0 saturated carbocycles. The van der Waals surface area contributed by atoms with Crippen LogP contribution in [-0.2, 0) is 27.8 Å². The third-order valence-corrected chi connectivity index (χ3v) is 5.58. The van der Waals surface area contributed by atoms with Crippen LogP contribution in [0.5, 0.6) is 0 Å². The molecule has 29 heavy (non-hydrogen) atoms. The molecule has 2 N–H and O–H groups in total. The number of likely N-dealkylation sites (N-methyl/N-ethyl adjacent to an activating group) is 1. The van der Waals surface area contributed by atoms with Crippen LogP contribution in [0.15, 0.2) is 67.1 Å². The standard InChI is InChI=1S/C23H24N4O2/c1-27-20-10-6-5-9-19(20)23(22(27)29,13-17-7-3-2-4-8-17)14-21(28)25-12-11-18-15-24-16-26-18/h2-10,15-16H,11-14H2,1H3,(H,24,26)(H,25,28). The fourth-order valence-corrected chi connectivity index (χ4v) is 4.16. The molecular formula is C23H24N4O2. The molecular weight excluding hydrogens is 364 g/mol. The summed E-state index contributed by atoms with van der Waals surface area (Å²) in [5.41, 5.74) is 2.89. The molecule has 1 unspecified atom stereocenters. The zero-order valence-electron chi connectivity index (χ0n) is 16.4. The number of anilines is 1. The predicted molar refractivity (Wildman–Crippen MR) is 112 cm³/mol. The quantitative estimate of drug-likeness (QED) is 0.653. The Balaban J connectivity index is 1.59. The van der Waals surface area contributed by atoms with Crippen LogP contribution in [0.25, 0.3) is 0 Å². The van der Waals surface area contributed by atoms with Gasteiger partial charge in [0.15, 0.2) is 0 Å². The van der Waals surface area contributed by atoms with E-state index in [1.54, 1.807) is 24.5 Å². The van der Waals surface area contributed by atoms with Gasteiger partial charge in [0.1, 0.15) is 0 Å². The average Bonchev–Trinajstić information content (AvgIpc) is 3.32. The number of nitrogens with one attached hydrogen (secondary N) is 2. The maximum atomic E-state index is 13.4. The molecule has 1 aliphatic heterocycles. The first-order chi connectivity index (χ1) is 14.1. The first-order valence-electron chi connectivity index (χ1n) is 9.76. The summed E-state index contributed by atoms with van der Waals surface area (Å²) in [5.74, 6) is -0.162. The SMILES string of the molecule is CN1C(=O)C(CC(=O)NCCc2cnc[nH]2)(Cc2ccccc2)c2ccccc21. The maximum Gasteiger partial charge on any atom is 0.238 e. The smallest absolute Gasteiger partial charge is 0.238 e. The molecule has 2 aromatic carbocycles. The topological polar surface area (TPSA) is 78.1 Å². The molecule has 6 heteroatoms. The third kappa shape index (κ3) is 3.66. The Hall–Kier alpha value is -3.41. The lowest BCUT2D eigenvalue weighted by molar-refractivity contribution is -0.129. The average molecular weight is 388 g/mol. The van der Waals surface area contributed by atoms with Gasteiger partial charge < -0.3 is 15.2 Å². The van der Waals surface area contributed by atoms with Crippen molar-refractivity contribution < 1.29 is 9.59 Å². The van der Waals surface area contributed by atoms with Gasteiger partial charge in [-0.25, -0.2) is 4.98 Å². The summed E-state index contributed by atoms with van der Waals surface area (Å²) in [6, 6.07) is 17.7. The van der Waals surface area contributed by atoms with Crippen molar-refractivity contribution in [3.8, 4) is 0 Å². The Bertz CT molecular complexity index is 1000. The van der Waals surface area contributed by atoms with E-state index >= 15 is 0 Å². The predicted octanol–water partition coefficient (Wildman–Crippen LogP) is 2.62. The Labute approximate surface area is 170 Å². The first kappa shape index (κ1) is 18.9. The van der Waals surface area contributed by atoms with Gasteiger partial charge in [0.25, 0.3) is 0 Å². The number of carbonyl (C=O) groups excluding carboxylic acids is 2. The van der Waals surface area contributed by atoms with Crippen molar-refractivity contribution in [3.63, 3.8) is 0 Å². The highest BCUT2D eigenvalue weighted by atomic mass is 16.2. The highest BCUT2D eigenvalue weighted by Gasteiger charge is 2.50. The van der Waals surface area contributed by atoms with Gasteiger partial charge in [-0.1, -0.05) is 48.5 Å². The Kier molecular flexibility index (Phi) is 5.16. The van der Waals surface area contributed by atoms with E-state index < -0.39 is 5.41 Å². The van der Waals surface area contributed by atoms with Gasteiger partial charge >= 0.3 is 0 Å². The minimum Gasteiger partial charge on any atom is -0.356 e. The molecule has 1 atom stereocenters. The number of fused-ring (bicyclic) bond motifs is 1. The van der Waals surface area contributed by atoms with Gasteiger partial charge in [0.05, 0.1) is 11.7 Å². The molecule has 1 aromatic heterocycles. The van der Waals surface area contributed by atoms with E-state index in [-0.39, 0.29) is 18.2 Å². The molecule has 0 aliphatic carbocycles. The van der Waals surface area contributed by atoms with Crippen molar-refractivity contribution in [1.82, 2.24) is 15.3 Å². The molecule has 148 valence electrons. The number of aromatic nitrogens is 2. The van der Waals surface area contributed by atoms with Gasteiger partial charge in [-0.05, 0) is 23.6 Å². The number of para-hydroxylation sites is 1. The Morgan fingerprint density at radius 3 is 2.66 bits per heavy atom. The van der Waals surface area contributed by atoms with Crippen LogP contribution in [0.4, 0.5) is 5.69 Å². The summed E-state index contributed by atoms with van der Waals surface area (Å²) in [7, 11) is 1.78. The minimum atomic E-state index is -0.898. The fourth-order valence-electron chi connectivity index (χ4n) is 4.16. The molecule has 0 saturated heterocycles. The third-order valence-electron chi connectivity index (χ3n) is 5.58. The van der Waals surface area contributed by atoms with Crippen LogP contribution >= 0.6 is 0 Å². The lowest BCUT2D eigenvalue weighted by atomic mass is 9.73. The zero-order valence-corrected chi connectivity index (χ0v) is 16.4. The number of carbonyl (C=O) groups is 2. The molecule has 4 rings (SSSR count). The van der Waals surface area contributed by atoms with Crippen molar-refractivity contribution in [2.45, 2.75) is 24.7 Å². The Morgan fingerprint density at radius 1 is 1.14 bits per heavy atom. The van der Waals surface area contributed by atoms with Gasteiger partial charge in [0.2, 0.25) is 11.8 Å². The Morgan fingerprint density at radius 2 is 1.90 bits per heavy atom. The second-order valence-corrected chi connectivity index (χ2v) is 7.48. The fraction of sp³-hybridized carbons (Fsp3) is 0.261. The molecule has 0 radical (unpaired) electrons.